The SMILES string of the molecule is CCc1ccc(CCNC(N)=NCCc2ccccn2)cc1.I. The van der Waals surface area contributed by atoms with Crippen molar-refractivity contribution < 1.29 is 0 Å². The van der Waals surface area contributed by atoms with Gasteiger partial charge in [0, 0.05) is 31.4 Å². The number of aliphatic imine (C=N–C) groups is 1. The topological polar surface area (TPSA) is 63.3 Å². The molecule has 23 heavy (non-hydrogen) atoms. The maximum Gasteiger partial charge on any atom is 0.188 e. The summed E-state index contributed by atoms with van der Waals surface area (Å²) < 4.78 is 0. The van der Waals surface area contributed by atoms with Crippen LogP contribution in [0.5, 0.6) is 0 Å². The maximum absolute atomic E-state index is 5.87. The highest BCUT2D eigenvalue weighted by atomic mass is 127. The fourth-order valence-electron chi connectivity index (χ4n) is 2.17. The zero-order valence-electron chi connectivity index (χ0n) is 13.5. The van der Waals surface area contributed by atoms with Crippen molar-refractivity contribution in [2.24, 2.45) is 10.7 Å². The molecule has 0 aliphatic rings. The predicted octanol–water partition coefficient (Wildman–Crippen LogP) is 2.95. The number of rotatable bonds is 7. The second-order valence-corrected chi connectivity index (χ2v) is 5.18. The van der Waals surface area contributed by atoms with E-state index in [1.54, 1.807) is 6.20 Å². The summed E-state index contributed by atoms with van der Waals surface area (Å²) in [4.78, 5) is 8.58. The van der Waals surface area contributed by atoms with Crippen LogP contribution in [0.15, 0.2) is 53.7 Å². The van der Waals surface area contributed by atoms with Gasteiger partial charge in [0.25, 0.3) is 0 Å². The second-order valence-electron chi connectivity index (χ2n) is 5.18. The first-order chi connectivity index (χ1) is 10.8. The first-order valence-electron chi connectivity index (χ1n) is 7.79. The average molecular weight is 424 g/mol. The number of halogens is 1. The molecule has 0 saturated carbocycles. The Labute approximate surface area is 155 Å². The van der Waals surface area contributed by atoms with Gasteiger partial charge in [0.15, 0.2) is 5.96 Å². The number of hydrogen-bond acceptors (Lipinski definition) is 2. The lowest BCUT2D eigenvalue weighted by Gasteiger charge is -2.06. The third-order valence-electron chi connectivity index (χ3n) is 3.53. The quantitative estimate of drug-likeness (QED) is 0.408. The number of pyridine rings is 1. The van der Waals surface area contributed by atoms with Gasteiger partial charge in [-0.1, -0.05) is 37.3 Å². The van der Waals surface area contributed by atoms with Gasteiger partial charge >= 0.3 is 0 Å². The normalized spacial score (nSPS) is 10.9. The maximum atomic E-state index is 5.87. The Morgan fingerprint density at radius 2 is 1.83 bits per heavy atom. The largest absolute Gasteiger partial charge is 0.370 e. The van der Waals surface area contributed by atoms with E-state index in [2.05, 4.69) is 46.5 Å². The number of aromatic nitrogens is 1. The van der Waals surface area contributed by atoms with Crippen molar-refractivity contribution in [1.29, 1.82) is 0 Å². The number of benzene rings is 1. The molecule has 3 N–H and O–H groups in total. The smallest absolute Gasteiger partial charge is 0.188 e. The molecule has 1 heterocycles. The Morgan fingerprint density at radius 1 is 1.09 bits per heavy atom. The van der Waals surface area contributed by atoms with E-state index < -0.39 is 0 Å². The van der Waals surface area contributed by atoms with Crippen LogP contribution < -0.4 is 11.1 Å². The summed E-state index contributed by atoms with van der Waals surface area (Å²) in [5.41, 5.74) is 9.58. The third kappa shape index (κ3) is 7.45. The molecule has 0 aliphatic carbocycles. The number of hydrogen-bond donors (Lipinski definition) is 2. The molecule has 0 fully saturated rings. The van der Waals surface area contributed by atoms with Gasteiger partial charge in [0.2, 0.25) is 0 Å². The number of aryl methyl sites for hydroxylation is 1. The summed E-state index contributed by atoms with van der Waals surface area (Å²) in [7, 11) is 0. The highest BCUT2D eigenvalue weighted by molar-refractivity contribution is 14.0. The van der Waals surface area contributed by atoms with Gasteiger partial charge in [-0.2, -0.15) is 0 Å². The van der Waals surface area contributed by atoms with Gasteiger partial charge in [-0.15, -0.1) is 24.0 Å². The lowest BCUT2D eigenvalue weighted by Crippen LogP contribution is -2.33. The molecule has 1 aromatic heterocycles. The van der Waals surface area contributed by atoms with E-state index in [0.717, 1.165) is 31.5 Å². The zero-order valence-corrected chi connectivity index (χ0v) is 15.9. The van der Waals surface area contributed by atoms with Crippen LogP contribution in [0, 0.1) is 0 Å². The van der Waals surface area contributed by atoms with E-state index in [4.69, 9.17) is 5.73 Å². The van der Waals surface area contributed by atoms with E-state index in [1.807, 2.05) is 18.2 Å². The second kappa shape index (κ2) is 11.0. The lowest BCUT2D eigenvalue weighted by molar-refractivity contribution is 0.839. The molecule has 0 atom stereocenters. The van der Waals surface area contributed by atoms with Crippen molar-refractivity contribution in [2.75, 3.05) is 13.1 Å². The van der Waals surface area contributed by atoms with Crippen LogP contribution in [0.3, 0.4) is 0 Å². The van der Waals surface area contributed by atoms with E-state index in [-0.39, 0.29) is 24.0 Å². The molecule has 2 aromatic rings. The number of nitrogens with zero attached hydrogens (tertiary/aromatic N) is 2. The molecule has 0 radical (unpaired) electrons. The summed E-state index contributed by atoms with van der Waals surface area (Å²) in [5.74, 6) is 0.501. The predicted molar refractivity (Wildman–Crippen MR) is 107 cm³/mol. The summed E-state index contributed by atoms with van der Waals surface area (Å²) in [6.45, 7) is 3.62. The monoisotopic (exact) mass is 424 g/mol. The molecule has 2 rings (SSSR count). The van der Waals surface area contributed by atoms with Crippen molar-refractivity contribution >= 4 is 29.9 Å². The first kappa shape index (κ1) is 19.4. The first-order valence-corrected chi connectivity index (χ1v) is 7.79. The van der Waals surface area contributed by atoms with Gasteiger partial charge in [-0.05, 0) is 36.1 Å². The Morgan fingerprint density at radius 3 is 2.48 bits per heavy atom. The van der Waals surface area contributed by atoms with Crippen molar-refractivity contribution in [1.82, 2.24) is 10.3 Å². The lowest BCUT2D eigenvalue weighted by atomic mass is 10.1. The third-order valence-corrected chi connectivity index (χ3v) is 3.53. The van der Waals surface area contributed by atoms with Crippen molar-refractivity contribution in [3.63, 3.8) is 0 Å². The standard InChI is InChI=1S/C18H24N4.HI/c1-2-15-6-8-16(9-7-15)10-13-21-18(19)22-14-11-17-5-3-4-12-20-17;/h3-9,12H,2,10-11,13-14H2,1H3,(H3,19,21,22);1H. The van der Waals surface area contributed by atoms with E-state index in [0.29, 0.717) is 12.5 Å². The van der Waals surface area contributed by atoms with Gasteiger partial charge < -0.3 is 11.1 Å². The van der Waals surface area contributed by atoms with E-state index in [1.165, 1.54) is 11.1 Å². The molecule has 0 bridgehead atoms. The Bertz CT molecular complexity index is 582. The molecule has 124 valence electrons. The summed E-state index contributed by atoms with van der Waals surface area (Å²) >= 11 is 0. The van der Waals surface area contributed by atoms with Crippen molar-refractivity contribution in [3.8, 4) is 0 Å². The average Bonchev–Trinajstić information content (AvgIpc) is 2.56. The number of nitrogens with one attached hydrogen (secondary N) is 1. The van der Waals surface area contributed by atoms with Gasteiger partial charge in [-0.25, -0.2) is 0 Å². The molecule has 0 aliphatic heterocycles. The summed E-state index contributed by atoms with van der Waals surface area (Å²) in [6.07, 6.45) is 4.63. The Hall–Kier alpha value is -1.63. The molecule has 0 amide bonds. The molecule has 1 aromatic carbocycles. The van der Waals surface area contributed by atoms with Crippen LogP contribution in [0.1, 0.15) is 23.7 Å². The highest BCUT2D eigenvalue weighted by Gasteiger charge is 1.96. The van der Waals surface area contributed by atoms with Crippen molar-refractivity contribution in [3.05, 3.63) is 65.5 Å². The minimum atomic E-state index is 0. The molecule has 0 spiro atoms. The molecule has 0 unspecified atom stereocenters. The zero-order chi connectivity index (χ0) is 15.6. The van der Waals surface area contributed by atoms with Crippen LogP contribution in [0.2, 0.25) is 0 Å². The minimum Gasteiger partial charge on any atom is -0.370 e. The number of nitrogens with two attached hydrogens (primary N) is 1. The molecule has 0 saturated heterocycles. The van der Waals surface area contributed by atoms with E-state index in [9.17, 15) is 0 Å². The summed E-state index contributed by atoms with van der Waals surface area (Å²) in [6, 6.07) is 14.6. The van der Waals surface area contributed by atoms with Crippen LogP contribution in [0.4, 0.5) is 0 Å². The van der Waals surface area contributed by atoms with Crippen LogP contribution >= 0.6 is 24.0 Å². The van der Waals surface area contributed by atoms with Crippen molar-refractivity contribution in [2.45, 2.75) is 26.2 Å². The molecule has 4 nitrogen and oxygen atoms in total. The van der Waals surface area contributed by atoms with Crippen LogP contribution in [-0.4, -0.2) is 24.0 Å². The van der Waals surface area contributed by atoms with Gasteiger partial charge in [0.1, 0.15) is 0 Å². The fourth-order valence-corrected chi connectivity index (χ4v) is 2.17. The fraction of sp³-hybridized carbons (Fsp3) is 0.333. The number of guanidine groups is 1. The highest BCUT2D eigenvalue weighted by Crippen LogP contribution is 2.05. The Kier molecular flexibility index (Phi) is 9.28. The summed E-state index contributed by atoms with van der Waals surface area (Å²) in [5, 5.41) is 3.15. The molecule has 5 heteroatoms. The van der Waals surface area contributed by atoms with Gasteiger partial charge in [-0.3, -0.25) is 9.98 Å². The van der Waals surface area contributed by atoms with Gasteiger partial charge in [0.05, 0.1) is 0 Å². The minimum absolute atomic E-state index is 0. The van der Waals surface area contributed by atoms with Crippen LogP contribution in [-0.2, 0) is 19.3 Å². The van der Waals surface area contributed by atoms with E-state index >= 15 is 0 Å². The Balaban J connectivity index is 0.00000264. The van der Waals surface area contributed by atoms with Crippen LogP contribution in [0.25, 0.3) is 0 Å². The molecular weight excluding hydrogens is 399 g/mol. The molecular formula is C18H25IN4.